The second-order valence-corrected chi connectivity index (χ2v) is 30.0. The molecule has 8 amide bonds. The van der Waals surface area contributed by atoms with Gasteiger partial charge in [0, 0.05) is 35.7 Å². The third-order valence-electron chi connectivity index (χ3n) is 20.1. The zero-order chi connectivity index (χ0) is 80.6. The van der Waals surface area contributed by atoms with E-state index in [1.807, 2.05) is 13.8 Å². The van der Waals surface area contributed by atoms with Gasteiger partial charge in [-0.1, -0.05) is 107 Å². The highest BCUT2D eigenvalue weighted by Crippen LogP contribution is 2.50. The Morgan fingerprint density at radius 1 is 0.685 bits per heavy atom. The predicted molar refractivity (Wildman–Crippen MR) is 397 cm³/mol. The molecule has 602 valence electrons. The third kappa shape index (κ3) is 19.6. The minimum atomic E-state index is -2.33. The van der Waals surface area contributed by atoms with Crippen molar-refractivity contribution in [1.82, 2.24) is 42.5 Å². The van der Waals surface area contributed by atoms with Crippen LogP contribution in [0.15, 0.2) is 78.9 Å². The second kappa shape index (κ2) is 36.5. The van der Waals surface area contributed by atoms with Gasteiger partial charge in [-0.25, -0.2) is 0 Å². The third-order valence-corrected chi connectivity index (χ3v) is 20.7. The highest BCUT2D eigenvalue weighted by atomic mass is 35.5. The maximum atomic E-state index is 16.2. The molecule has 7 aliphatic heterocycles. The number of fused-ring (bicyclic) bond motifs is 15. The normalized spacial score (nSPS) is 27.8. The van der Waals surface area contributed by atoms with Gasteiger partial charge in [-0.05, 0) is 122 Å². The van der Waals surface area contributed by atoms with Gasteiger partial charge in [-0.15, -0.1) is 0 Å². The molecule has 7 aliphatic rings. The number of halogens is 2. The van der Waals surface area contributed by atoms with E-state index in [2.05, 4.69) is 49.5 Å². The number of phenolic OH excluding ortho intramolecular Hbond substituents is 3. The highest BCUT2D eigenvalue weighted by molar-refractivity contribution is 6.32. The summed E-state index contributed by atoms with van der Waals surface area (Å²) in [4.78, 5) is 120. The summed E-state index contributed by atoms with van der Waals surface area (Å²) in [6.07, 6.45) is -11.1. The average Bonchev–Trinajstić information content (AvgIpc) is 0.764. The fourth-order valence-electron chi connectivity index (χ4n) is 14.1. The molecule has 5 aromatic carbocycles. The summed E-state index contributed by atoms with van der Waals surface area (Å²) in [6, 6.07) is 0.702. The highest BCUT2D eigenvalue weighted by Gasteiger charge is 2.52. The molecule has 12 rings (SSSR count). The zero-order valence-electron chi connectivity index (χ0n) is 61.7. The Kier molecular flexibility index (Phi) is 27.7. The summed E-state index contributed by atoms with van der Waals surface area (Å²) in [7, 11) is 1.48. The minimum Gasteiger partial charge on any atom is -0.508 e. The van der Waals surface area contributed by atoms with Gasteiger partial charge in [-0.3, -0.25) is 38.4 Å². The number of aromatic hydroxyl groups is 3. The summed E-state index contributed by atoms with van der Waals surface area (Å²) in [5, 5.41) is 125. The molecule has 111 heavy (non-hydrogen) atoms. The van der Waals surface area contributed by atoms with Crippen molar-refractivity contribution >= 4 is 70.5 Å². The maximum absolute atomic E-state index is 16.2. The number of nitrogens with one attached hydrogen (secondary N) is 8. The molecule has 21 N–H and O–H groups in total. The van der Waals surface area contributed by atoms with Crippen LogP contribution in [0.1, 0.15) is 163 Å². The number of unbranched alkanes of at least 4 members (excludes halogenated alkanes) is 7. The Morgan fingerprint density at radius 3 is 1.89 bits per heavy atom. The Balaban J connectivity index is 1.20. The standard InChI is InChI=1S/C76H96Cl2N10O23/c1-7-8-9-10-11-12-13-14-21-82-70(101)58-41-28-39(90)29-47(92)55(41)40-23-35(15-18-46(40)91)56-71(102)88-60(74(105)86-58)62(95)37-17-20-49(43(78)25-37)108-51-27-38-26-50(65(51)111-75-66(64(97)63(96)52(32-89)109-75)110-54-31-76(5,80)67(98)34(4)106-54)107-48-19-16-36(24-42(48)77)61(94)59(87-68(99)44(81-6)22-33(2)3)73(104)83-45(30-53(79)93)69(100)84-57(38)72(103)85-56/h15-20,23-29,33-34,44-45,52,54,56-64,66-67,75,81,89-92,94-98H,7-14,21-22,30-32,80H2,1-6H3,(H2,79,93)(H,82,101)(H,83,104)(H,84,100)(H,85,103)(H,86,105)(H,87,99)(H,88,102)/t34-,44+,45-,52+,54-,56+,57+,58-,59+,60-,61+,62+,63+,64-,66+,67+,75-,76-/m0/s1. The van der Waals surface area contributed by atoms with Crippen LogP contribution in [0, 0.1) is 5.92 Å². The molecule has 0 spiro atoms. The smallest absolute Gasteiger partial charge is 0.248 e. The topological polar surface area (TPSA) is 522 Å². The van der Waals surface area contributed by atoms with E-state index in [-0.39, 0.29) is 75.2 Å². The molecule has 0 radical (unpaired) electrons. The molecular weight excluding hydrogens is 1490 g/mol. The van der Waals surface area contributed by atoms with Crippen LogP contribution in [0.3, 0.4) is 0 Å². The predicted octanol–water partition coefficient (Wildman–Crippen LogP) is 3.28. The first-order valence-corrected chi connectivity index (χ1v) is 37.5. The van der Waals surface area contributed by atoms with Crippen LogP contribution in [-0.4, -0.2) is 192 Å². The van der Waals surface area contributed by atoms with Gasteiger partial charge in [0.1, 0.15) is 95.5 Å². The number of ether oxygens (including phenoxy) is 6. The van der Waals surface area contributed by atoms with Crippen LogP contribution in [-0.2, 0) is 52.6 Å². The van der Waals surface area contributed by atoms with E-state index in [1.54, 1.807) is 0 Å². The fourth-order valence-corrected chi connectivity index (χ4v) is 14.5. The van der Waals surface area contributed by atoms with Gasteiger partial charge in [0.25, 0.3) is 0 Å². The summed E-state index contributed by atoms with van der Waals surface area (Å²) in [5.41, 5.74) is 8.78. The van der Waals surface area contributed by atoms with Crippen molar-refractivity contribution in [1.29, 1.82) is 0 Å². The number of hydrogen-bond acceptors (Lipinski definition) is 25. The second-order valence-electron chi connectivity index (χ2n) is 29.1. The van der Waals surface area contributed by atoms with E-state index in [0.29, 0.717) is 12.8 Å². The first-order valence-electron chi connectivity index (χ1n) is 36.7. The summed E-state index contributed by atoms with van der Waals surface area (Å²) in [6.45, 7) is 7.91. The Morgan fingerprint density at radius 2 is 1.29 bits per heavy atom. The summed E-state index contributed by atoms with van der Waals surface area (Å²) >= 11 is 14.3. The van der Waals surface area contributed by atoms with E-state index >= 15 is 19.2 Å². The Labute approximate surface area is 648 Å². The lowest BCUT2D eigenvalue weighted by atomic mass is 9.86. The van der Waals surface area contributed by atoms with Gasteiger partial charge in [-0.2, -0.15) is 0 Å². The van der Waals surface area contributed by atoms with Crippen LogP contribution < -0.4 is 68.2 Å². The number of rotatable bonds is 22. The number of nitrogens with two attached hydrogens (primary N) is 2. The van der Waals surface area contributed by atoms with Crippen molar-refractivity contribution in [2.24, 2.45) is 17.4 Å². The lowest BCUT2D eigenvalue weighted by Crippen LogP contribution is -2.64. The quantitative estimate of drug-likeness (QED) is 0.0442. The number of likely N-dealkylation sites (N-methyl/N-ethyl adjacent to an activating group) is 1. The average molecular weight is 1590 g/mol. The van der Waals surface area contributed by atoms with Gasteiger partial charge in [0.15, 0.2) is 23.9 Å². The number of hydrogen-bond donors (Lipinski definition) is 19. The van der Waals surface area contributed by atoms with Crippen molar-refractivity contribution < 1.29 is 113 Å². The van der Waals surface area contributed by atoms with Crippen LogP contribution in [0.5, 0.6) is 46.0 Å². The molecule has 18 atom stereocenters. The molecule has 2 saturated heterocycles. The fraction of sp³-hybridized carbons (Fsp3) is 0.500. The molecule has 5 aromatic rings. The molecule has 0 aliphatic carbocycles. The number of aliphatic hydroxyl groups excluding tert-OH is 6. The van der Waals surface area contributed by atoms with Crippen LogP contribution in [0.25, 0.3) is 11.1 Å². The van der Waals surface area contributed by atoms with Gasteiger partial charge >= 0.3 is 0 Å². The zero-order valence-corrected chi connectivity index (χ0v) is 63.3. The summed E-state index contributed by atoms with van der Waals surface area (Å²) < 4.78 is 38.7. The van der Waals surface area contributed by atoms with Gasteiger partial charge in [0.2, 0.25) is 59.3 Å². The summed E-state index contributed by atoms with van der Waals surface area (Å²) in [5.74, 6) is -14.3. The number of phenols is 3. The first kappa shape index (κ1) is 84.3. The van der Waals surface area contributed by atoms with Crippen LogP contribution >= 0.6 is 23.2 Å². The van der Waals surface area contributed by atoms with Crippen molar-refractivity contribution in [3.63, 3.8) is 0 Å². The molecule has 7 heterocycles. The van der Waals surface area contributed by atoms with Crippen LogP contribution in [0.4, 0.5) is 0 Å². The SMILES string of the molecule is CCCCCCCCCCNC(=O)[C@H]1NC(=O)[C@H]2NC(=O)[C@H](NC(=O)[C@@H]3NC(=O)[C@H](CC(N)=O)NC(=O)[C@H](NC(=O)[C@@H](CC(C)C)NC)[C@H](O)c4ccc(c(Cl)c4)Oc4cc3cc(c4O[C@@H]3O[C@H](CO)[C@@H](O)[C@H](O)[C@H]3O[C@H]3C[C@](C)(N)[C@H](O)[C@H](C)O3)Oc3ccc(cc3Cl)[C@H]2O)c2ccc(O)c(c2)-c2c(O)cc(O)cc21. The monoisotopic (exact) mass is 1590 g/mol. The molecule has 2 fully saturated rings. The lowest BCUT2D eigenvalue weighted by Gasteiger charge is -2.47. The van der Waals surface area contributed by atoms with Crippen molar-refractivity contribution in [3.05, 3.63) is 117 Å². The Bertz CT molecular complexity index is 4270. The van der Waals surface area contributed by atoms with E-state index in [9.17, 15) is 65.1 Å². The van der Waals surface area contributed by atoms with Crippen LogP contribution in [0.2, 0.25) is 10.0 Å². The molecule has 0 aromatic heterocycles. The van der Waals surface area contributed by atoms with E-state index in [0.717, 1.165) is 93.1 Å². The molecule has 0 saturated carbocycles. The Hall–Kier alpha value is -9.20. The number of carbonyl (C=O) groups is 8. The maximum Gasteiger partial charge on any atom is 0.248 e. The van der Waals surface area contributed by atoms with E-state index < -0.39 is 215 Å². The van der Waals surface area contributed by atoms with Crippen molar-refractivity contribution in [2.75, 3.05) is 20.2 Å². The van der Waals surface area contributed by atoms with Gasteiger partial charge < -0.3 is 128 Å². The van der Waals surface area contributed by atoms with Crippen molar-refractivity contribution in [3.8, 4) is 57.1 Å². The molecule has 0 unspecified atom stereocenters. The van der Waals surface area contributed by atoms with E-state index in [1.165, 1.54) is 45.2 Å². The largest absolute Gasteiger partial charge is 0.508 e. The van der Waals surface area contributed by atoms with Crippen molar-refractivity contribution in [2.45, 2.75) is 214 Å². The first-order chi connectivity index (χ1) is 52.7. The molecule has 35 heteroatoms. The number of benzene rings is 5. The number of primary amides is 1. The lowest BCUT2D eigenvalue weighted by molar-refractivity contribution is -0.333. The number of carbonyl (C=O) groups excluding carboxylic acids is 8. The minimum absolute atomic E-state index is 0.0748. The number of aliphatic hydroxyl groups is 6. The molecular formula is C76H96Cl2N10O23. The molecule has 33 nitrogen and oxygen atoms in total. The van der Waals surface area contributed by atoms with Gasteiger partial charge in [0.05, 0.1) is 41.3 Å². The van der Waals surface area contributed by atoms with E-state index in [4.69, 9.17) is 63.1 Å². The number of amides is 8. The molecule has 11 bridgehead atoms.